The average Bonchev–Trinajstić information content (AvgIpc) is 3.45. The standard InChI is InChI=1S/C20H22N4O4S2/c1-2-24-16-7-4-3-6-15(16)19(25)18(22-24)20(26)21-12-14-9-10-23(13-14)30(27,28)17-8-5-11-29-17/h3-8,11,14H,2,9-10,12-13H2,1H3,(H,21,26). The molecule has 1 saturated heterocycles. The molecule has 1 aliphatic rings. The molecule has 1 N–H and O–H groups in total. The van der Waals surface area contributed by atoms with Crippen LogP contribution in [0.4, 0.5) is 0 Å². The molecular weight excluding hydrogens is 424 g/mol. The molecule has 1 fully saturated rings. The number of nitrogens with one attached hydrogen (secondary N) is 1. The molecule has 0 aliphatic carbocycles. The topological polar surface area (TPSA) is 101 Å². The lowest BCUT2D eigenvalue weighted by Crippen LogP contribution is -2.36. The number of nitrogens with zero attached hydrogens (tertiary/aromatic N) is 3. The minimum absolute atomic E-state index is 0.0162. The third-order valence-electron chi connectivity index (χ3n) is 5.27. The van der Waals surface area contributed by atoms with E-state index < -0.39 is 21.4 Å². The number of benzene rings is 1. The predicted octanol–water partition coefficient (Wildman–Crippen LogP) is 1.92. The monoisotopic (exact) mass is 446 g/mol. The summed E-state index contributed by atoms with van der Waals surface area (Å²) in [6.07, 6.45) is 0.648. The maximum Gasteiger partial charge on any atom is 0.275 e. The van der Waals surface area contributed by atoms with E-state index in [1.165, 1.54) is 15.6 Å². The van der Waals surface area contributed by atoms with E-state index in [-0.39, 0.29) is 18.2 Å². The largest absolute Gasteiger partial charge is 0.350 e. The van der Waals surface area contributed by atoms with Crippen molar-refractivity contribution in [3.8, 4) is 0 Å². The van der Waals surface area contributed by atoms with Crippen LogP contribution in [0.25, 0.3) is 10.9 Å². The number of carbonyl (C=O) groups is 1. The van der Waals surface area contributed by atoms with E-state index in [1.54, 1.807) is 40.4 Å². The molecule has 1 aromatic carbocycles. The Morgan fingerprint density at radius 1 is 1.27 bits per heavy atom. The molecule has 0 saturated carbocycles. The summed E-state index contributed by atoms with van der Waals surface area (Å²) in [6.45, 7) is 3.46. The van der Waals surface area contributed by atoms with Crippen LogP contribution in [0.3, 0.4) is 0 Å². The van der Waals surface area contributed by atoms with Crippen LogP contribution in [-0.4, -0.2) is 48.0 Å². The van der Waals surface area contributed by atoms with Gasteiger partial charge in [-0.05, 0) is 42.8 Å². The first-order chi connectivity index (χ1) is 14.4. The molecule has 1 atom stereocenters. The molecule has 1 unspecified atom stereocenters. The van der Waals surface area contributed by atoms with Crippen LogP contribution in [0.15, 0.2) is 50.8 Å². The van der Waals surface area contributed by atoms with Crippen molar-refractivity contribution < 1.29 is 13.2 Å². The van der Waals surface area contributed by atoms with Gasteiger partial charge in [-0.1, -0.05) is 18.2 Å². The number of amides is 1. The van der Waals surface area contributed by atoms with Crippen LogP contribution in [0.2, 0.25) is 0 Å². The van der Waals surface area contributed by atoms with Gasteiger partial charge in [0.2, 0.25) is 5.43 Å². The maximum atomic E-state index is 12.7. The number of fused-ring (bicyclic) bond motifs is 1. The van der Waals surface area contributed by atoms with Gasteiger partial charge in [-0.25, -0.2) is 8.42 Å². The Labute approximate surface area is 178 Å². The normalized spacial score (nSPS) is 17.4. The lowest BCUT2D eigenvalue weighted by atomic mass is 10.1. The molecule has 10 heteroatoms. The second-order valence-electron chi connectivity index (χ2n) is 7.17. The summed E-state index contributed by atoms with van der Waals surface area (Å²) < 4.78 is 28.7. The lowest BCUT2D eigenvalue weighted by molar-refractivity contribution is 0.0940. The maximum absolute atomic E-state index is 12.7. The van der Waals surface area contributed by atoms with Crippen molar-refractivity contribution in [1.82, 2.24) is 19.4 Å². The quantitative estimate of drug-likeness (QED) is 0.623. The molecule has 158 valence electrons. The van der Waals surface area contributed by atoms with Crippen molar-refractivity contribution in [3.63, 3.8) is 0 Å². The first kappa shape index (κ1) is 20.7. The number of sulfonamides is 1. The molecular formula is C20H22N4O4S2. The minimum Gasteiger partial charge on any atom is -0.350 e. The lowest BCUT2D eigenvalue weighted by Gasteiger charge is -2.16. The molecule has 0 bridgehead atoms. The number of para-hydroxylation sites is 1. The first-order valence-corrected chi connectivity index (χ1v) is 12.1. The number of carbonyl (C=O) groups excluding carboxylic acids is 1. The van der Waals surface area contributed by atoms with E-state index in [0.29, 0.717) is 41.2 Å². The Hall–Kier alpha value is -2.56. The SMILES string of the molecule is CCn1nc(C(=O)NCC2CCN(S(=O)(=O)c3cccs3)C2)c(=O)c2ccccc21. The molecule has 3 aromatic rings. The Balaban J connectivity index is 1.46. The van der Waals surface area contributed by atoms with E-state index in [4.69, 9.17) is 0 Å². The van der Waals surface area contributed by atoms with E-state index in [1.807, 2.05) is 13.0 Å². The second-order valence-corrected chi connectivity index (χ2v) is 10.3. The average molecular weight is 447 g/mol. The Morgan fingerprint density at radius 2 is 2.07 bits per heavy atom. The number of hydrogen-bond acceptors (Lipinski definition) is 6. The third-order valence-corrected chi connectivity index (χ3v) is 8.50. The fourth-order valence-corrected chi connectivity index (χ4v) is 6.34. The number of thiophene rings is 1. The third kappa shape index (κ3) is 3.78. The molecule has 8 nitrogen and oxygen atoms in total. The summed E-state index contributed by atoms with van der Waals surface area (Å²) in [7, 11) is -3.49. The summed E-state index contributed by atoms with van der Waals surface area (Å²) in [5.41, 5.74) is 0.143. The Bertz CT molecular complexity index is 1240. The van der Waals surface area contributed by atoms with Crippen LogP contribution in [0.1, 0.15) is 23.8 Å². The molecule has 3 heterocycles. The van der Waals surface area contributed by atoms with Gasteiger partial charge in [0.15, 0.2) is 5.69 Å². The van der Waals surface area contributed by atoms with Crippen molar-refractivity contribution in [2.75, 3.05) is 19.6 Å². The summed E-state index contributed by atoms with van der Waals surface area (Å²) >= 11 is 1.19. The van der Waals surface area contributed by atoms with E-state index in [0.717, 1.165) is 0 Å². The van der Waals surface area contributed by atoms with Crippen molar-refractivity contribution >= 4 is 38.2 Å². The van der Waals surface area contributed by atoms with E-state index in [9.17, 15) is 18.0 Å². The van der Waals surface area contributed by atoms with Crippen molar-refractivity contribution in [2.45, 2.75) is 24.1 Å². The fourth-order valence-electron chi connectivity index (χ4n) is 3.67. The highest BCUT2D eigenvalue weighted by molar-refractivity contribution is 7.91. The highest BCUT2D eigenvalue weighted by Crippen LogP contribution is 2.26. The number of hydrogen-bond donors (Lipinski definition) is 1. The van der Waals surface area contributed by atoms with Gasteiger partial charge >= 0.3 is 0 Å². The van der Waals surface area contributed by atoms with E-state index >= 15 is 0 Å². The second kappa shape index (κ2) is 8.29. The van der Waals surface area contributed by atoms with Gasteiger partial charge in [0.05, 0.1) is 5.52 Å². The molecule has 2 aromatic heterocycles. The van der Waals surface area contributed by atoms with Crippen LogP contribution in [-0.2, 0) is 16.6 Å². The predicted molar refractivity (Wildman–Crippen MR) is 115 cm³/mol. The molecule has 0 spiro atoms. The van der Waals surface area contributed by atoms with E-state index in [2.05, 4.69) is 10.4 Å². The van der Waals surface area contributed by atoms with Crippen molar-refractivity contribution in [3.05, 3.63) is 57.7 Å². The zero-order valence-electron chi connectivity index (χ0n) is 16.4. The minimum atomic E-state index is -3.49. The zero-order chi connectivity index (χ0) is 21.3. The molecule has 1 aliphatic heterocycles. The van der Waals surface area contributed by atoms with Gasteiger partial charge in [-0.2, -0.15) is 9.40 Å². The smallest absolute Gasteiger partial charge is 0.275 e. The highest BCUT2D eigenvalue weighted by atomic mass is 32.2. The molecule has 1 amide bonds. The van der Waals surface area contributed by atoms with Gasteiger partial charge in [-0.3, -0.25) is 14.3 Å². The van der Waals surface area contributed by atoms with Gasteiger partial charge in [0.25, 0.3) is 15.9 Å². The van der Waals surface area contributed by atoms with Crippen LogP contribution >= 0.6 is 11.3 Å². The van der Waals surface area contributed by atoms with Crippen LogP contribution in [0, 0.1) is 5.92 Å². The zero-order valence-corrected chi connectivity index (χ0v) is 18.1. The number of aryl methyl sites for hydroxylation is 1. The Kier molecular flexibility index (Phi) is 5.72. The summed E-state index contributed by atoms with van der Waals surface area (Å²) in [5, 5.41) is 9.20. The van der Waals surface area contributed by atoms with Gasteiger partial charge in [-0.15, -0.1) is 11.3 Å². The van der Waals surface area contributed by atoms with Crippen molar-refractivity contribution in [2.24, 2.45) is 5.92 Å². The number of rotatable bonds is 6. The molecule has 4 rings (SSSR count). The van der Waals surface area contributed by atoms with Crippen LogP contribution in [0.5, 0.6) is 0 Å². The highest BCUT2D eigenvalue weighted by Gasteiger charge is 2.33. The molecule has 30 heavy (non-hydrogen) atoms. The van der Waals surface area contributed by atoms with Crippen LogP contribution < -0.4 is 10.7 Å². The fraction of sp³-hybridized carbons (Fsp3) is 0.350. The van der Waals surface area contributed by atoms with Gasteiger partial charge in [0.1, 0.15) is 4.21 Å². The van der Waals surface area contributed by atoms with Gasteiger partial charge < -0.3 is 5.32 Å². The van der Waals surface area contributed by atoms with Crippen molar-refractivity contribution in [1.29, 1.82) is 0 Å². The molecule has 0 radical (unpaired) electrons. The summed E-state index contributed by atoms with van der Waals surface area (Å²) in [6, 6.07) is 10.4. The summed E-state index contributed by atoms with van der Waals surface area (Å²) in [5.74, 6) is -0.551. The Morgan fingerprint density at radius 3 is 2.80 bits per heavy atom. The number of aromatic nitrogens is 2. The summed E-state index contributed by atoms with van der Waals surface area (Å²) in [4.78, 5) is 25.4. The first-order valence-electron chi connectivity index (χ1n) is 9.73. The van der Waals surface area contributed by atoms with Gasteiger partial charge in [0, 0.05) is 31.6 Å².